The largest absolute Gasteiger partial charge is 0.449 e. The molecule has 0 aromatic carbocycles. The van der Waals surface area contributed by atoms with E-state index >= 15 is 0 Å². The summed E-state index contributed by atoms with van der Waals surface area (Å²) in [6.45, 7) is 3.65. The summed E-state index contributed by atoms with van der Waals surface area (Å²) in [5.41, 5.74) is 0. The van der Waals surface area contributed by atoms with Crippen LogP contribution < -0.4 is 4.72 Å². The third kappa shape index (κ3) is 5.47. The molecule has 1 saturated heterocycles. The Morgan fingerprint density at radius 3 is 2.71 bits per heavy atom. The maximum atomic E-state index is 11.6. The number of carbonyl (C=O) groups is 1. The summed E-state index contributed by atoms with van der Waals surface area (Å²) in [6.07, 6.45) is 2.96. The average Bonchev–Trinajstić information content (AvgIpc) is 2.29. The Morgan fingerprint density at radius 2 is 2.18 bits per heavy atom. The molecule has 100 valence electrons. The van der Waals surface area contributed by atoms with Crippen LogP contribution in [0.4, 0.5) is 4.79 Å². The van der Waals surface area contributed by atoms with Crippen molar-refractivity contribution in [2.75, 3.05) is 19.7 Å². The Bertz CT molecular complexity index is 267. The van der Waals surface area contributed by atoms with E-state index < -0.39 is 11.3 Å². The van der Waals surface area contributed by atoms with Gasteiger partial charge >= 0.3 is 6.09 Å². The number of unbranched alkanes of at least 4 members (excludes halogenated alkanes) is 1. The van der Waals surface area contributed by atoms with Crippen molar-refractivity contribution in [1.29, 1.82) is 0 Å². The van der Waals surface area contributed by atoms with Crippen molar-refractivity contribution in [1.82, 2.24) is 9.62 Å². The smallest absolute Gasteiger partial charge is 0.409 e. The van der Waals surface area contributed by atoms with E-state index in [-0.39, 0.29) is 12.1 Å². The predicted octanol–water partition coefficient (Wildman–Crippen LogP) is 1.11. The van der Waals surface area contributed by atoms with Crippen molar-refractivity contribution in [3.8, 4) is 0 Å². The first-order chi connectivity index (χ1) is 8.13. The van der Waals surface area contributed by atoms with E-state index in [9.17, 15) is 9.00 Å². The second-order valence-electron chi connectivity index (χ2n) is 4.10. The zero-order chi connectivity index (χ0) is 12.7. The SMILES string of the molecule is CCCCOC(=O)N1CCC(NS(=O)O)CC1. The Morgan fingerprint density at radius 1 is 1.53 bits per heavy atom. The van der Waals surface area contributed by atoms with Crippen molar-refractivity contribution in [3.05, 3.63) is 0 Å². The minimum absolute atomic E-state index is 0.000486. The molecule has 0 saturated carbocycles. The summed E-state index contributed by atoms with van der Waals surface area (Å²) in [7, 11) is 0. The van der Waals surface area contributed by atoms with Crippen molar-refractivity contribution in [2.24, 2.45) is 0 Å². The van der Waals surface area contributed by atoms with Crippen molar-refractivity contribution >= 4 is 17.4 Å². The number of ether oxygens (including phenoxy) is 1. The number of likely N-dealkylation sites (tertiary alicyclic amines) is 1. The molecule has 0 radical (unpaired) electrons. The molecule has 6 nitrogen and oxygen atoms in total. The molecule has 0 bridgehead atoms. The fourth-order valence-corrected chi connectivity index (χ4v) is 2.24. The number of rotatable bonds is 5. The van der Waals surface area contributed by atoms with Gasteiger partial charge in [-0.2, -0.15) is 0 Å². The first kappa shape index (κ1) is 14.4. The standard InChI is InChI=1S/C10H20N2O4S/c1-2-3-8-16-10(13)12-6-4-9(5-7-12)11-17(14)15/h9,11H,2-8H2,1H3,(H,14,15). The lowest BCUT2D eigenvalue weighted by Gasteiger charge is -2.30. The highest BCUT2D eigenvalue weighted by atomic mass is 32.2. The van der Waals surface area contributed by atoms with Crippen LogP contribution in [0.3, 0.4) is 0 Å². The zero-order valence-corrected chi connectivity index (χ0v) is 10.9. The first-order valence-corrected chi connectivity index (χ1v) is 7.03. The molecule has 0 aromatic rings. The first-order valence-electron chi connectivity index (χ1n) is 5.92. The molecule has 0 aromatic heterocycles. The lowest BCUT2D eigenvalue weighted by molar-refractivity contribution is 0.0911. The summed E-state index contributed by atoms with van der Waals surface area (Å²) < 4.78 is 26.9. The summed E-state index contributed by atoms with van der Waals surface area (Å²) in [5.74, 6) is 0. The van der Waals surface area contributed by atoms with Gasteiger partial charge in [0.05, 0.1) is 6.61 Å². The maximum Gasteiger partial charge on any atom is 0.409 e. The molecule has 1 atom stereocenters. The van der Waals surface area contributed by atoms with E-state index in [1.54, 1.807) is 4.90 Å². The highest BCUT2D eigenvalue weighted by Gasteiger charge is 2.24. The van der Waals surface area contributed by atoms with E-state index in [4.69, 9.17) is 9.29 Å². The topological polar surface area (TPSA) is 78.9 Å². The van der Waals surface area contributed by atoms with Crippen LogP contribution in [0.25, 0.3) is 0 Å². The maximum absolute atomic E-state index is 11.6. The lowest BCUT2D eigenvalue weighted by Crippen LogP contribution is -2.45. The monoisotopic (exact) mass is 264 g/mol. The number of nitrogens with one attached hydrogen (secondary N) is 1. The van der Waals surface area contributed by atoms with Crippen LogP contribution in [0.15, 0.2) is 0 Å². The molecule has 0 spiro atoms. The van der Waals surface area contributed by atoms with Crippen LogP contribution >= 0.6 is 0 Å². The normalized spacial score (nSPS) is 19.1. The Balaban J connectivity index is 2.21. The molecular weight excluding hydrogens is 244 g/mol. The van der Waals surface area contributed by atoms with Gasteiger partial charge in [-0.1, -0.05) is 13.3 Å². The van der Waals surface area contributed by atoms with Gasteiger partial charge in [0.1, 0.15) is 0 Å². The number of amides is 1. The molecule has 1 fully saturated rings. The quantitative estimate of drug-likeness (QED) is 0.576. The molecule has 1 heterocycles. The number of hydrogen-bond acceptors (Lipinski definition) is 3. The highest BCUT2D eigenvalue weighted by molar-refractivity contribution is 7.77. The van der Waals surface area contributed by atoms with Gasteiger partial charge in [-0.25, -0.2) is 13.7 Å². The van der Waals surface area contributed by atoms with E-state index in [2.05, 4.69) is 4.72 Å². The molecule has 7 heteroatoms. The summed E-state index contributed by atoms with van der Waals surface area (Å²) >= 11 is -1.98. The van der Waals surface area contributed by atoms with Crippen LogP contribution in [0.2, 0.25) is 0 Å². The minimum Gasteiger partial charge on any atom is -0.449 e. The Hall–Kier alpha value is -0.660. The fourth-order valence-electron chi connectivity index (χ4n) is 1.72. The number of piperidine rings is 1. The predicted molar refractivity (Wildman–Crippen MR) is 64.8 cm³/mol. The van der Waals surface area contributed by atoms with E-state index in [0.29, 0.717) is 32.5 Å². The minimum atomic E-state index is -1.98. The second kappa shape index (κ2) is 7.62. The molecule has 1 unspecified atom stereocenters. The van der Waals surface area contributed by atoms with E-state index in [0.717, 1.165) is 12.8 Å². The average molecular weight is 264 g/mol. The summed E-state index contributed by atoms with van der Waals surface area (Å²) in [5, 5.41) is 0. The van der Waals surface area contributed by atoms with Gasteiger partial charge in [0.15, 0.2) is 0 Å². The van der Waals surface area contributed by atoms with Gasteiger partial charge in [0, 0.05) is 19.1 Å². The van der Waals surface area contributed by atoms with Gasteiger partial charge in [0.25, 0.3) is 0 Å². The summed E-state index contributed by atoms with van der Waals surface area (Å²) in [6, 6.07) is 0.000486. The van der Waals surface area contributed by atoms with Gasteiger partial charge in [-0.15, -0.1) is 0 Å². The van der Waals surface area contributed by atoms with E-state index in [1.165, 1.54) is 0 Å². The molecule has 1 amide bonds. The Kier molecular flexibility index (Phi) is 6.46. The zero-order valence-electron chi connectivity index (χ0n) is 10.1. The molecule has 1 rings (SSSR count). The molecule has 1 aliphatic heterocycles. The third-order valence-electron chi connectivity index (χ3n) is 2.74. The van der Waals surface area contributed by atoms with E-state index in [1.807, 2.05) is 6.92 Å². The van der Waals surface area contributed by atoms with Gasteiger partial charge in [-0.05, 0) is 19.3 Å². The molecule has 2 N–H and O–H groups in total. The van der Waals surface area contributed by atoms with Crippen molar-refractivity contribution in [3.63, 3.8) is 0 Å². The van der Waals surface area contributed by atoms with Crippen molar-refractivity contribution < 1.29 is 18.3 Å². The van der Waals surface area contributed by atoms with Gasteiger partial charge in [-0.3, -0.25) is 4.55 Å². The number of hydrogen-bond donors (Lipinski definition) is 2. The van der Waals surface area contributed by atoms with Gasteiger partial charge < -0.3 is 9.64 Å². The van der Waals surface area contributed by atoms with Gasteiger partial charge in [0.2, 0.25) is 11.3 Å². The van der Waals surface area contributed by atoms with Crippen LogP contribution in [0.5, 0.6) is 0 Å². The highest BCUT2D eigenvalue weighted by Crippen LogP contribution is 2.11. The number of nitrogens with zero attached hydrogens (tertiary/aromatic N) is 1. The lowest BCUT2D eigenvalue weighted by atomic mass is 10.1. The molecule has 0 aliphatic carbocycles. The van der Waals surface area contributed by atoms with Crippen molar-refractivity contribution in [2.45, 2.75) is 38.6 Å². The van der Waals surface area contributed by atoms with Crippen LogP contribution in [-0.4, -0.2) is 45.5 Å². The van der Waals surface area contributed by atoms with Crippen LogP contribution in [0.1, 0.15) is 32.6 Å². The molecule has 17 heavy (non-hydrogen) atoms. The van der Waals surface area contributed by atoms with Crippen LogP contribution in [-0.2, 0) is 16.0 Å². The Labute approximate surface area is 104 Å². The fraction of sp³-hybridized carbons (Fsp3) is 0.900. The molecular formula is C10H20N2O4S. The number of carbonyl (C=O) groups excluding carboxylic acids is 1. The van der Waals surface area contributed by atoms with Crippen LogP contribution in [0, 0.1) is 0 Å². The summed E-state index contributed by atoms with van der Waals surface area (Å²) in [4.78, 5) is 13.2. The third-order valence-corrected chi connectivity index (χ3v) is 3.28. The molecule has 1 aliphatic rings. The second-order valence-corrected chi connectivity index (χ2v) is 4.83.